The van der Waals surface area contributed by atoms with Gasteiger partial charge in [-0.25, -0.2) is 29.9 Å². The summed E-state index contributed by atoms with van der Waals surface area (Å²) in [5.41, 5.74) is 14.9. The summed E-state index contributed by atoms with van der Waals surface area (Å²) < 4.78 is 14.7. The number of rotatable bonds is 9. The van der Waals surface area contributed by atoms with Crippen LogP contribution in [0.15, 0.2) is 340 Å². The summed E-state index contributed by atoms with van der Waals surface area (Å²) in [6.07, 6.45) is 0. The predicted molar refractivity (Wildman–Crippen MR) is 458 cm³/mol. The number of thiophene rings is 4. The zero-order chi connectivity index (χ0) is 70.9. The third-order valence-corrected chi connectivity index (χ3v) is 25.4. The lowest BCUT2D eigenvalue weighted by Crippen LogP contribution is -2.01. The highest BCUT2D eigenvalue weighted by Gasteiger charge is 2.21. The van der Waals surface area contributed by atoms with Crippen molar-refractivity contribution in [3.63, 3.8) is 0 Å². The lowest BCUT2D eigenvalue weighted by molar-refractivity contribution is 1.07. The molecule has 0 aliphatic rings. The van der Waals surface area contributed by atoms with Crippen molar-refractivity contribution in [1.82, 2.24) is 39.0 Å². The first-order chi connectivity index (χ1) is 53.5. The predicted octanol–water partition coefficient (Wildman–Crippen LogP) is 27.1. The molecule has 108 heavy (non-hydrogen) atoms. The number of hydrogen-bond donors (Lipinski definition) is 0. The van der Waals surface area contributed by atoms with Gasteiger partial charge in [-0.1, -0.05) is 237 Å². The topological polar surface area (TPSA) is 87.2 Å². The fraction of sp³-hybridized carbons (Fsp3) is 0. The van der Waals surface area contributed by atoms with E-state index in [0.29, 0.717) is 34.9 Å². The van der Waals surface area contributed by atoms with Crippen molar-refractivity contribution in [2.45, 2.75) is 0 Å². The van der Waals surface area contributed by atoms with E-state index in [2.05, 4.69) is 349 Å². The normalized spacial score (nSPS) is 11.9. The number of fused-ring (bicyclic) bond motifs is 18. The third-order valence-electron chi connectivity index (χ3n) is 20.9. The van der Waals surface area contributed by atoms with Gasteiger partial charge in [0.05, 0.1) is 22.1 Å². The highest BCUT2D eigenvalue weighted by atomic mass is 32.1. The molecule has 0 aliphatic heterocycles. The lowest BCUT2D eigenvalue weighted by atomic mass is 10.0. The zero-order valence-electron chi connectivity index (χ0n) is 57.5. The van der Waals surface area contributed by atoms with E-state index in [1.54, 1.807) is 45.3 Å². The largest absolute Gasteiger partial charge is 0.309 e. The van der Waals surface area contributed by atoms with Gasteiger partial charge in [0.15, 0.2) is 34.9 Å². The van der Waals surface area contributed by atoms with Crippen LogP contribution in [0.25, 0.3) is 215 Å². The lowest BCUT2D eigenvalue weighted by Gasteiger charge is -2.12. The number of hydrogen-bond acceptors (Lipinski definition) is 10. The standard InChI is InChI=1S/C51H30N4S2.C45H26N4S2/c1-5-19-43-37(15-1)38-16-2-6-20-44(38)55(43)36-14-10-12-32(28-36)31-11-9-13-33(27-31)49-52-50(34-23-25-41-39-17-3-7-21-45(39)56-47(41)29-34)54-51(53-49)35-24-26-42-40-18-4-8-22-46(40)57-48(42)30-35;1-5-16-37-31(12-1)32-13-2-6-17-38(32)49(37)30-11-9-10-27(24-30)43-46-44(28-20-22-35-33-14-3-7-18-39(33)50-41(35)25-28)48-45(47-43)29-21-23-36-34-15-4-8-19-40(34)51-42(36)26-29/h1-30H;1-26H. The van der Waals surface area contributed by atoms with E-state index in [9.17, 15) is 0 Å². The summed E-state index contributed by atoms with van der Waals surface area (Å²) in [6.45, 7) is 0. The SMILES string of the molecule is c1cc(-c2cccc(-n3c4ccccc4c4ccccc43)c2)cc(-c2nc(-c3ccc4c(c3)sc3ccccc34)nc(-c3ccc4c(c3)sc3ccccc34)n2)c1.c1cc(-c2nc(-c3ccc4c(c3)sc3ccccc34)nc(-c3ccc4c(c3)sc3ccccc34)n2)cc(-n2c3ccccc3c3ccccc32)c1. The monoisotopic (exact) mass is 1450 g/mol. The molecule has 0 saturated heterocycles. The van der Waals surface area contributed by atoms with Gasteiger partial charge in [-0.3, -0.25) is 0 Å². The fourth-order valence-corrected chi connectivity index (χ4v) is 20.4. The maximum atomic E-state index is 5.20. The Morgan fingerprint density at radius 1 is 0.157 bits per heavy atom. The van der Waals surface area contributed by atoms with Crippen LogP contribution in [-0.4, -0.2) is 39.0 Å². The van der Waals surface area contributed by atoms with E-state index in [0.717, 1.165) is 55.9 Å². The molecule has 0 atom stereocenters. The molecule has 0 fully saturated rings. The summed E-state index contributed by atoms with van der Waals surface area (Å²) in [7, 11) is 0. The van der Waals surface area contributed by atoms with E-state index < -0.39 is 0 Å². The number of benzene rings is 15. The van der Waals surface area contributed by atoms with Gasteiger partial charge in [-0.2, -0.15) is 0 Å². The third kappa shape index (κ3) is 10.5. The van der Waals surface area contributed by atoms with Crippen LogP contribution in [0.4, 0.5) is 0 Å². The van der Waals surface area contributed by atoms with Crippen LogP contribution in [0.1, 0.15) is 0 Å². The molecule has 0 aliphatic carbocycles. The minimum Gasteiger partial charge on any atom is -0.309 e. The Bertz CT molecular complexity index is 7250. The molecule has 8 nitrogen and oxygen atoms in total. The maximum Gasteiger partial charge on any atom is 0.164 e. The molecule has 23 rings (SSSR count). The first-order valence-corrected chi connectivity index (χ1v) is 39.2. The van der Waals surface area contributed by atoms with Gasteiger partial charge in [0, 0.05) is 147 Å². The molecule has 504 valence electrons. The Hall–Kier alpha value is -13.2. The van der Waals surface area contributed by atoms with Crippen molar-refractivity contribution in [3.8, 4) is 90.8 Å². The second-order valence-electron chi connectivity index (χ2n) is 27.3. The van der Waals surface area contributed by atoms with E-state index >= 15 is 0 Å². The Morgan fingerprint density at radius 2 is 0.380 bits per heavy atom. The molecule has 0 spiro atoms. The Balaban J connectivity index is 0.000000135. The van der Waals surface area contributed by atoms with Crippen LogP contribution in [0.5, 0.6) is 0 Å². The quantitative estimate of drug-likeness (QED) is 0.143. The first kappa shape index (κ1) is 62.2. The molecule has 8 aromatic heterocycles. The second kappa shape index (κ2) is 25.3. The molecule has 12 heteroatoms. The average Bonchev–Trinajstić information content (AvgIpc) is 1.61. The van der Waals surface area contributed by atoms with Gasteiger partial charge in [-0.05, 0) is 114 Å². The van der Waals surface area contributed by atoms with Gasteiger partial charge in [0.25, 0.3) is 0 Å². The van der Waals surface area contributed by atoms with Gasteiger partial charge >= 0.3 is 0 Å². The summed E-state index contributed by atoms with van der Waals surface area (Å²) in [4.78, 5) is 31.1. The van der Waals surface area contributed by atoms with Gasteiger partial charge in [0.1, 0.15) is 0 Å². The van der Waals surface area contributed by atoms with Crippen molar-refractivity contribution in [3.05, 3.63) is 340 Å². The smallest absolute Gasteiger partial charge is 0.164 e. The van der Waals surface area contributed by atoms with Gasteiger partial charge in [0.2, 0.25) is 0 Å². The Labute approximate surface area is 634 Å². The zero-order valence-corrected chi connectivity index (χ0v) is 60.8. The summed E-state index contributed by atoms with van der Waals surface area (Å²) in [5.74, 6) is 3.92. The van der Waals surface area contributed by atoms with Crippen LogP contribution >= 0.6 is 45.3 Å². The average molecular weight is 1450 g/mol. The summed E-state index contributed by atoms with van der Waals surface area (Å²) in [6, 6.07) is 121. The minimum atomic E-state index is 0.642. The first-order valence-electron chi connectivity index (χ1n) is 35.9. The van der Waals surface area contributed by atoms with Crippen molar-refractivity contribution in [2.24, 2.45) is 0 Å². The van der Waals surface area contributed by atoms with E-state index in [1.807, 2.05) is 0 Å². The van der Waals surface area contributed by atoms with Crippen molar-refractivity contribution in [1.29, 1.82) is 0 Å². The molecular weight excluding hydrogens is 1390 g/mol. The van der Waals surface area contributed by atoms with Crippen LogP contribution in [0, 0.1) is 0 Å². The van der Waals surface area contributed by atoms with Crippen molar-refractivity contribution in [2.75, 3.05) is 0 Å². The molecule has 8 heterocycles. The highest BCUT2D eigenvalue weighted by molar-refractivity contribution is 7.27. The molecule has 0 radical (unpaired) electrons. The second-order valence-corrected chi connectivity index (χ2v) is 31.6. The van der Waals surface area contributed by atoms with Crippen LogP contribution in [0.2, 0.25) is 0 Å². The van der Waals surface area contributed by atoms with E-state index in [-0.39, 0.29) is 0 Å². The van der Waals surface area contributed by atoms with Crippen LogP contribution in [0.3, 0.4) is 0 Å². The van der Waals surface area contributed by atoms with Crippen LogP contribution < -0.4 is 0 Å². The summed E-state index contributed by atoms with van der Waals surface area (Å²) >= 11 is 7.22. The van der Waals surface area contributed by atoms with Gasteiger partial charge in [-0.15, -0.1) is 45.3 Å². The molecular formula is C96H56N8S4. The minimum absolute atomic E-state index is 0.642. The highest BCUT2D eigenvalue weighted by Crippen LogP contribution is 2.43. The Morgan fingerprint density at radius 3 is 0.694 bits per heavy atom. The number of nitrogens with zero attached hydrogens (tertiary/aromatic N) is 8. The number of para-hydroxylation sites is 4. The number of aromatic nitrogens is 8. The van der Waals surface area contributed by atoms with Crippen molar-refractivity contribution < 1.29 is 0 Å². The molecule has 0 N–H and O–H groups in total. The van der Waals surface area contributed by atoms with E-state index in [4.69, 9.17) is 29.9 Å². The van der Waals surface area contributed by atoms with Crippen LogP contribution in [-0.2, 0) is 0 Å². The Kier molecular flexibility index (Phi) is 14.6. The molecule has 0 unspecified atom stereocenters. The van der Waals surface area contributed by atoms with E-state index in [1.165, 1.54) is 124 Å². The van der Waals surface area contributed by atoms with Crippen molar-refractivity contribution >= 4 is 170 Å². The van der Waals surface area contributed by atoms with Gasteiger partial charge < -0.3 is 9.13 Å². The fourth-order valence-electron chi connectivity index (χ4n) is 15.8. The molecule has 0 amide bonds. The summed E-state index contributed by atoms with van der Waals surface area (Å²) in [5, 5.41) is 15.1. The maximum absolute atomic E-state index is 5.20. The molecule has 0 bridgehead atoms. The molecule has 23 aromatic rings. The molecule has 0 saturated carbocycles. The molecule has 15 aromatic carbocycles.